The Kier molecular flexibility index (Phi) is 4.49. The van der Waals surface area contributed by atoms with Gasteiger partial charge in [0, 0.05) is 16.6 Å². The number of nitrogens with zero attached hydrogens (tertiary/aromatic N) is 4. The van der Waals surface area contributed by atoms with Gasteiger partial charge in [0.25, 0.3) is 0 Å². The Morgan fingerprint density at radius 1 is 1.50 bits per heavy atom. The maximum Gasteiger partial charge on any atom is 0.306 e. The highest BCUT2D eigenvalue weighted by molar-refractivity contribution is 9.10. The third kappa shape index (κ3) is 3.22. The lowest BCUT2D eigenvalue weighted by Gasteiger charge is -2.09. The van der Waals surface area contributed by atoms with Crippen LogP contribution in [0.2, 0.25) is 0 Å². The Balaban J connectivity index is 2.24. The average molecular weight is 339 g/mol. The van der Waals surface area contributed by atoms with Gasteiger partial charge in [-0.05, 0) is 41.5 Å². The molecule has 20 heavy (non-hydrogen) atoms. The number of rotatable bonds is 5. The highest BCUT2D eigenvalue weighted by atomic mass is 79.9. The van der Waals surface area contributed by atoms with Gasteiger partial charge in [-0.2, -0.15) is 0 Å². The predicted molar refractivity (Wildman–Crippen MR) is 77.1 cm³/mol. The third-order valence-electron chi connectivity index (χ3n) is 3.17. The molecule has 2 aromatic rings. The second-order valence-corrected chi connectivity index (χ2v) is 5.63. The Bertz CT molecular complexity index is 627. The first-order chi connectivity index (χ1) is 9.49. The summed E-state index contributed by atoms with van der Waals surface area (Å²) in [5.41, 5.74) is 2.00. The smallest absolute Gasteiger partial charge is 0.306 e. The summed E-state index contributed by atoms with van der Waals surface area (Å²) in [5.74, 6) is -0.574. The number of halogens is 1. The lowest BCUT2D eigenvalue weighted by atomic mass is 10.1. The molecule has 0 amide bonds. The normalized spacial score (nSPS) is 12.3. The summed E-state index contributed by atoms with van der Waals surface area (Å²) in [6, 6.07) is 5.90. The summed E-state index contributed by atoms with van der Waals surface area (Å²) in [4.78, 5) is 10.8. The maximum absolute atomic E-state index is 10.8. The quantitative estimate of drug-likeness (QED) is 0.905. The van der Waals surface area contributed by atoms with E-state index < -0.39 is 11.9 Å². The van der Waals surface area contributed by atoms with Crippen LogP contribution < -0.4 is 0 Å². The standard InChI is InChI=1S/C13H15BrN4O2/c1-8-3-4-10(14)7-11(8)12-15-16-17-18(12)6-5-9(2)13(19)20/h3-4,7,9H,5-6H2,1-2H3,(H,19,20). The molecule has 0 spiro atoms. The summed E-state index contributed by atoms with van der Waals surface area (Å²) in [5, 5.41) is 20.6. The molecule has 0 saturated carbocycles. The number of carbonyl (C=O) groups is 1. The molecule has 7 heteroatoms. The molecule has 2 rings (SSSR count). The average Bonchev–Trinajstić information content (AvgIpc) is 2.86. The summed E-state index contributed by atoms with van der Waals surface area (Å²) < 4.78 is 2.60. The van der Waals surface area contributed by atoms with Crippen molar-refractivity contribution in [3.63, 3.8) is 0 Å². The molecule has 0 aliphatic heterocycles. The van der Waals surface area contributed by atoms with Crippen molar-refractivity contribution in [3.8, 4) is 11.4 Å². The Labute approximate surface area is 124 Å². The first kappa shape index (κ1) is 14.6. The van der Waals surface area contributed by atoms with Crippen LogP contribution >= 0.6 is 15.9 Å². The molecule has 0 radical (unpaired) electrons. The van der Waals surface area contributed by atoms with E-state index in [0.717, 1.165) is 15.6 Å². The summed E-state index contributed by atoms with van der Waals surface area (Å²) in [6.07, 6.45) is 0.487. The van der Waals surface area contributed by atoms with Crippen LogP contribution in [0.1, 0.15) is 18.9 Å². The summed E-state index contributed by atoms with van der Waals surface area (Å²) in [6.45, 7) is 4.14. The highest BCUT2D eigenvalue weighted by Gasteiger charge is 2.15. The van der Waals surface area contributed by atoms with Crippen LogP contribution in [0.4, 0.5) is 0 Å². The van der Waals surface area contributed by atoms with Crippen molar-refractivity contribution in [2.75, 3.05) is 0 Å². The van der Waals surface area contributed by atoms with Crippen molar-refractivity contribution in [1.29, 1.82) is 0 Å². The minimum Gasteiger partial charge on any atom is -0.481 e. The number of hydrogen-bond acceptors (Lipinski definition) is 4. The fourth-order valence-electron chi connectivity index (χ4n) is 1.82. The molecular formula is C13H15BrN4O2. The van der Waals surface area contributed by atoms with E-state index in [9.17, 15) is 4.79 Å². The zero-order chi connectivity index (χ0) is 14.7. The zero-order valence-electron chi connectivity index (χ0n) is 11.2. The van der Waals surface area contributed by atoms with Crippen molar-refractivity contribution in [3.05, 3.63) is 28.2 Å². The molecule has 1 aromatic carbocycles. The molecule has 0 fully saturated rings. The molecule has 0 aliphatic rings. The van der Waals surface area contributed by atoms with Crippen molar-refractivity contribution < 1.29 is 9.90 Å². The SMILES string of the molecule is Cc1ccc(Br)cc1-c1nnnn1CCC(C)C(=O)O. The van der Waals surface area contributed by atoms with E-state index >= 15 is 0 Å². The van der Waals surface area contributed by atoms with Gasteiger partial charge in [0.15, 0.2) is 5.82 Å². The van der Waals surface area contributed by atoms with Gasteiger partial charge in [-0.3, -0.25) is 4.79 Å². The fourth-order valence-corrected chi connectivity index (χ4v) is 2.18. The van der Waals surface area contributed by atoms with E-state index in [1.807, 2.05) is 25.1 Å². The molecule has 0 aliphatic carbocycles. The van der Waals surface area contributed by atoms with Gasteiger partial charge in [-0.15, -0.1) is 5.10 Å². The molecule has 6 nitrogen and oxygen atoms in total. The number of aryl methyl sites for hydroxylation is 2. The number of aromatic nitrogens is 4. The lowest BCUT2D eigenvalue weighted by molar-refractivity contribution is -0.141. The first-order valence-electron chi connectivity index (χ1n) is 6.24. The minimum atomic E-state index is -0.807. The third-order valence-corrected chi connectivity index (χ3v) is 3.66. The van der Waals surface area contributed by atoms with Crippen molar-refractivity contribution >= 4 is 21.9 Å². The van der Waals surface area contributed by atoms with Crippen molar-refractivity contribution in [2.24, 2.45) is 5.92 Å². The fraction of sp³-hybridized carbons (Fsp3) is 0.385. The van der Waals surface area contributed by atoms with E-state index in [1.165, 1.54) is 0 Å². The molecule has 0 saturated heterocycles. The van der Waals surface area contributed by atoms with Gasteiger partial charge in [-0.25, -0.2) is 4.68 Å². The van der Waals surface area contributed by atoms with Crippen molar-refractivity contribution in [1.82, 2.24) is 20.2 Å². The van der Waals surface area contributed by atoms with Crippen molar-refractivity contribution in [2.45, 2.75) is 26.8 Å². The van der Waals surface area contributed by atoms with Gasteiger partial charge < -0.3 is 5.11 Å². The van der Waals surface area contributed by atoms with Gasteiger partial charge >= 0.3 is 5.97 Å². The van der Waals surface area contributed by atoms with E-state index in [0.29, 0.717) is 18.8 Å². The monoisotopic (exact) mass is 338 g/mol. The second kappa shape index (κ2) is 6.13. The van der Waals surface area contributed by atoms with Gasteiger partial charge in [0.05, 0.1) is 5.92 Å². The van der Waals surface area contributed by atoms with Crippen LogP contribution in [0.3, 0.4) is 0 Å². The molecule has 0 bridgehead atoms. The number of aliphatic carboxylic acids is 1. The second-order valence-electron chi connectivity index (χ2n) is 4.71. The Morgan fingerprint density at radius 3 is 2.95 bits per heavy atom. The largest absolute Gasteiger partial charge is 0.481 e. The molecule has 1 heterocycles. The molecule has 1 N–H and O–H groups in total. The molecule has 1 atom stereocenters. The van der Waals surface area contributed by atoms with Gasteiger partial charge in [-0.1, -0.05) is 28.9 Å². The molecule has 106 valence electrons. The lowest BCUT2D eigenvalue weighted by Crippen LogP contribution is -2.14. The van der Waals surface area contributed by atoms with Crippen LogP contribution in [-0.4, -0.2) is 31.3 Å². The topological polar surface area (TPSA) is 80.9 Å². The number of carboxylic acid groups (broad SMARTS) is 1. The number of carboxylic acids is 1. The van der Waals surface area contributed by atoms with Crippen LogP contribution in [-0.2, 0) is 11.3 Å². The van der Waals surface area contributed by atoms with Crippen LogP contribution in [0.5, 0.6) is 0 Å². The Morgan fingerprint density at radius 2 is 2.25 bits per heavy atom. The molecular weight excluding hydrogens is 324 g/mol. The van der Waals surface area contributed by atoms with E-state index in [1.54, 1.807) is 11.6 Å². The maximum atomic E-state index is 10.8. The molecule has 1 aromatic heterocycles. The van der Waals surface area contributed by atoms with Crippen LogP contribution in [0.25, 0.3) is 11.4 Å². The van der Waals surface area contributed by atoms with Gasteiger partial charge in [0.1, 0.15) is 0 Å². The zero-order valence-corrected chi connectivity index (χ0v) is 12.8. The number of hydrogen-bond donors (Lipinski definition) is 1. The predicted octanol–water partition coefficient (Wildman–Crippen LogP) is 2.52. The van der Waals surface area contributed by atoms with Crippen LogP contribution in [0.15, 0.2) is 22.7 Å². The summed E-state index contributed by atoms with van der Waals surface area (Å²) in [7, 11) is 0. The minimum absolute atomic E-state index is 0.421. The molecule has 1 unspecified atom stereocenters. The number of tetrazole rings is 1. The first-order valence-corrected chi connectivity index (χ1v) is 7.04. The van der Waals surface area contributed by atoms with E-state index in [-0.39, 0.29) is 0 Å². The Hall–Kier alpha value is -1.76. The van der Waals surface area contributed by atoms with E-state index in [2.05, 4.69) is 31.5 Å². The van der Waals surface area contributed by atoms with Crippen LogP contribution in [0, 0.1) is 12.8 Å². The van der Waals surface area contributed by atoms with Gasteiger partial charge in [0.2, 0.25) is 0 Å². The summed E-state index contributed by atoms with van der Waals surface area (Å²) >= 11 is 3.43. The van der Waals surface area contributed by atoms with E-state index in [4.69, 9.17) is 5.11 Å². The number of benzene rings is 1. The highest BCUT2D eigenvalue weighted by Crippen LogP contribution is 2.25.